The molecule has 0 aromatic carbocycles. The average Bonchev–Trinajstić information content (AvgIpc) is 3.21. The third-order valence-electron chi connectivity index (χ3n) is 4.22. The number of carbonyl (C=O) groups is 1. The van der Waals surface area contributed by atoms with Gasteiger partial charge in [-0.05, 0) is 26.2 Å². The SMILES string of the molecule is CCOC(=O)C(CCN1CC(OC)C(OC)C1)NC1CC1. The molecule has 6 heteroatoms. The largest absolute Gasteiger partial charge is 0.465 e. The van der Waals surface area contributed by atoms with Crippen LogP contribution in [-0.2, 0) is 19.0 Å². The van der Waals surface area contributed by atoms with E-state index in [1.165, 1.54) is 0 Å². The maximum absolute atomic E-state index is 12.0. The Hall–Kier alpha value is -0.690. The van der Waals surface area contributed by atoms with Gasteiger partial charge in [-0.15, -0.1) is 0 Å². The summed E-state index contributed by atoms with van der Waals surface area (Å²) in [4.78, 5) is 14.3. The fourth-order valence-corrected chi connectivity index (χ4v) is 2.81. The molecule has 2 aliphatic rings. The Morgan fingerprint density at radius 3 is 2.33 bits per heavy atom. The Bertz CT molecular complexity index is 324. The number of hydrogen-bond acceptors (Lipinski definition) is 6. The second-order valence-corrected chi connectivity index (χ2v) is 5.84. The summed E-state index contributed by atoms with van der Waals surface area (Å²) < 4.78 is 16.0. The zero-order chi connectivity index (χ0) is 15.2. The number of nitrogens with zero attached hydrogens (tertiary/aromatic N) is 1. The molecular weight excluding hydrogens is 272 g/mol. The molecule has 0 aromatic rings. The first-order valence-corrected chi connectivity index (χ1v) is 7.88. The maximum Gasteiger partial charge on any atom is 0.323 e. The summed E-state index contributed by atoms with van der Waals surface area (Å²) in [6, 6.07) is 0.302. The maximum atomic E-state index is 12.0. The van der Waals surface area contributed by atoms with E-state index in [1.807, 2.05) is 6.92 Å². The molecule has 0 spiro atoms. The van der Waals surface area contributed by atoms with E-state index in [0.717, 1.165) is 38.9 Å². The minimum Gasteiger partial charge on any atom is -0.465 e. The summed E-state index contributed by atoms with van der Waals surface area (Å²) >= 11 is 0. The number of ether oxygens (including phenoxy) is 3. The Kier molecular flexibility index (Phi) is 6.41. The first kappa shape index (κ1) is 16.7. The Balaban J connectivity index is 1.79. The monoisotopic (exact) mass is 300 g/mol. The summed E-state index contributed by atoms with van der Waals surface area (Å²) in [7, 11) is 3.44. The van der Waals surface area contributed by atoms with E-state index in [1.54, 1.807) is 14.2 Å². The lowest BCUT2D eigenvalue weighted by atomic mass is 10.2. The summed E-state index contributed by atoms with van der Waals surface area (Å²) in [6.07, 6.45) is 3.33. The second-order valence-electron chi connectivity index (χ2n) is 5.84. The molecule has 1 aliphatic carbocycles. The average molecular weight is 300 g/mol. The van der Waals surface area contributed by atoms with Gasteiger partial charge in [0.25, 0.3) is 0 Å². The van der Waals surface area contributed by atoms with E-state index >= 15 is 0 Å². The minimum absolute atomic E-state index is 0.118. The molecule has 0 amide bonds. The van der Waals surface area contributed by atoms with Gasteiger partial charge >= 0.3 is 5.97 Å². The van der Waals surface area contributed by atoms with Crippen molar-refractivity contribution in [2.24, 2.45) is 0 Å². The van der Waals surface area contributed by atoms with Crippen molar-refractivity contribution in [1.29, 1.82) is 0 Å². The second kappa shape index (κ2) is 8.08. The Morgan fingerprint density at radius 1 is 1.24 bits per heavy atom. The van der Waals surface area contributed by atoms with Crippen LogP contribution in [0.1, 0.15) is 26.2 Å². The highest BCUT2D eigenvalue weighted by atomic mass is 16.5. The molecule has 0 bridgehead atoms. The number of methoxy groups -OCH3 is 2. The van der Waals surface area contributed by atoms with Crippen LogP contribution in [0.2, 0.25) is 0 Å². The van der Waals surface area contributed by atoms with Gasteiger partial charge in [-0.25, -0.2) is 0 Å². The molecule has 122 valence electrons. The molecule has 1 aliphatic heterocycles. The quantitative estimate of drug-likeness (QED) is 0.622. The fourth-order valence-electron chi connectivity index (χ4n) is 2.81. The van der Waals surface area contributed by atoms with Gasteiger partial charge < -0.3 is 19.5 Å². The highest BCUT2D eigenvalue weighted by Gasteiger charge is 2.34. The molecule has 2 fully saturated rings. The van der Waals surface area contributed by atoms with E-state index in [2.05, 4.69) is 10.2 Å². The van der Waals surface area contributed by atoms with Gasteiger partial charge in [0.05, 0.1) is 18.8 Å². The van der Waals surface area contributed by atoms with Gasteiger partial charge in [-0.1, -0.05) is 0 Å². The van der Waals surface area contributed by atoms with Gasteiger partial charge in [-0.3, -0.25) is 9.69 Å². The van der Waals surface area contributed by atoms with Crippen LogP contribution in [0.15, 0.2) is 0 Å². The van der Waals surface area contributed by atoms with Gasteiger partial charge in [0.2, 0.25) is 0 Å². The normalized spacial score (nSPS) is 27.8. The van der Waals surface area contributed by atoms with E-state index < -0.39 is 0 Å². The number of esters is 1. The summed E-state index contributed by atoms with van der Waals surface area (Å²) in [6.45, 7) is 4.84. The molecule has 0 aromatic heterocycles. The number of nitrogens with one attached hydrogen (secondary N) is 1. The van der Waals surface area contributed by atoms with E-state index in [0.29, 0.717) is 12.6 Å². The van der Waals surface area contributed by atoms with Crippen molar-refractivity contribution >= 4 is 5.97 Å². The Labute approximate surface area is 127 Å². The zero-order valence-corrected chi connectivity index (χ0v) is 13.3. The van der Waals surface area contributed by atoms with Crippen molar-refractivity contribution in [3.8, 4) is 0 Å². The van der Waals surface area contributed by atoms with Crippen LogP contribution in [0.4, 0.5) is 0 Å². The molecule has 21 heavy (non-hydrogen) atoms. The number of rotatable bonds is 9. The van der Waals surface area contributed by atoms with Gasteiger partial charge in [0, 0.05) is 39.9 Å². The van der Waals surface area contributed by atoms with Gasteiger partial charge in [-0.2, -0.15) is 0 Å². The minimum atomic E-state index is -0.194. The van der Waals surface area contributed by atoms with Crippen LogP contribution in [0.3, 0.4) is 0 Å². The van der Waals surface area contributed by atoms with Crippen molar-refractivity contribution in [1.82, 2.24) is 10.2 Å². The van der Waals surface area contributed by atoms with Crippen LogP contribution in [0.5, 0.6) is 0 Å². The molecule has 1 heterocycles. The number of hydrogen-bond donors (Lipinski definition) is 1. The first-order chi connectivity index (χ1) is 10.2. The summed E-state index contributed by atoms with van der Waals surface area (Å²) in [5.41, 5.74) is 0. The van der Waals surface area contributed by atoms with Gasteiger partial charge in [0.15, 0.2) is 0 Å². The molecule has 1 saturated carbocycles. The smallest absolute Gasteiger partial charge is 0.323 e. The third-order valence-corrected chi connectivity index (χ3v) is 4.22. The predicted molar refractivity (Wildman–Crippen MR) is 79.2 cm³/mol. The van der Waals surface area contributed by atoms with Crippen molar-refractivity contribution < 1.29 is 19.0 Å². The van der Waals surface area contributed by atoms with E-state index in [9.17, 15) is 4.79 Å². The fraction of sp³-hybridized carbons (Fsp3) is 0.933. The van der Waals surface area contributed by atoms with Gasteiger partial charge in [0.1, 0.15) is 6.04 Å². The number of carbonyl (C=O) groups excluding carboxylic acids is 1. The van der Waals surface area contributed by atoms with Crippen LogP contribution in [0.25, 0.3) is 0 Å². The molecular formula is C15H28N2O4. The van der Waals surface area contributed by atoms with Crippen LogP contribution < -0.4 is 5.32 Å². The molecule has 3 atom stereocenters. The van der Waals surface area contributed by atoms with Crippen molar-refractivity contribution in [2.45, 2.75) is 50.5 Å². The standard InChI is InChI=1S/C15H28N2O4/c1-4-21-15(18)12(16-11-5-6-11)7-8-17-9-13(19-2)14(10-17)20-3/h11-14,16H,4-10H2,1-3H3. The first-order valence-electron chi connectivity index (χ1n) is 7.88. The van der Waals surface area contributed by atoms with Crippen molar-refractivity contribution in [3.63, 3.8) is 0 Å². The van der Waals surface area contributed by atoms with Crippen LogP contribution >= 0.6 is 0 Å². The summed E-state index contributed by atoms with van der Waals surface area (Å²) in [5, 5.41) is 3.39. The van der Waals surface area contributed by atoms with Crippen LogP contribution in [0, 0.1) is 0 Å². The lowest BCUT2D eigenvalue weighted by molar-refractivity contribution is -0.146. The topological polar surface area (TPSA) is 60.0 Å². The molecule has 2 rings (SSSR count). The molecule has 0 radical (unpaired) electrons. The van der Waals surface area contributed by atoms with Crippen molar-refractivity contribution in [3.05, 3.63) is 0 Å². The molecule has 3 unspecified atom stereocenters. The van der Waals surface area contributed by atoms with E-state index in [-0.39, 0.29) is 24.2 Å². The van der Waals surface area contributed by atoms with Crippen LogP contribution in [-0.4, -0.2) is 75.6 Å². The lowest BCUT2D eigenvalue weighted by Gasteiger charge is -2.21. The zero-order valence-electron chi connectivity index (χ0n) is 13.3. The van der Waals surface area contributed by atoms with E-state index in [4.69, 9.17) is 14.2 Å². The highest BCUT2D eigenvalue weighted by Crippen LogP contribution is 2.21. The van der Waals surface area contributed by atoms with Crippen molar-refractivity contribution in [2.75, 3.05) is 40.5 Å². The molecule has 6 nitrogen and oxygen atoms in total. The molecule has 1 saturated heterocycles. The lowest BCUT2D eigenvalue weighted by Crippen LogP contribution is -2.42. The highest BCUT2D eigenvalue weighted by molar-refractivity contribution is 5.75. The predicted octanol–water partition coefficient (Wildman–Crippen LogP) is 0.406. The number of likely N-dealkylation sites (tertiary alicyclic amines) is 1. The third kappa shape index (κ3) is 4.92. The molecule has 1 N–H and O–H groups in total. The Morgan fingerprint density at radius 2 is 1.86 bits per heavy atom. The summed E-state index contributed by atoms with van der Waals surface area (Å²) in [5.74, 6) is -0.129.